The van der Waals surface area contributed by atoms with Gasteiger partial charge in [-0.2, -0.15) is 0 Å². The van der Waals surface area contributed by atoms with Gasteiger partial charge in [0.1, 0.15) is 0 Å². The summed E-state index contributed by atoms with van der Waals surface area (Å²) in [6, 6.07) is 21.9. The van der Waals surface area contributed by atoms with E-state index in [4.69, 9.17) is 0 Å². The predicted octanol–water partition coefficient (Wildman–Crippen LogP) is 6.99. The molecule has 2 nitrogen and oxygen atoms in total. The summed E-state index contributed by atoms with van der Waals surface area (Å²) >= 11 is 0. The summed E-state index contributed by atoms with van der Waals surface area (Å²) in [7, 11) is 0. The van der Waals surface area contributed by atoms with Crippen LogP contribution in [0.2, 0.25) is 0 Å². The van der Waals surface area contributed by atoms with E-state index in [2.05, 4.69) is 70.5 Å². The smallest absolute Gasteiger partial charge is 0.0110 e. The summed E-state index contributed by atoms with van der Waals surface area (Å²) in [5.41, 5.74) is 2.99. The van der Waals surface area contributed by atoms with E-state index in [0.29, 0.717) is 0 Å². The van der Waals surface area contributed by atoms with Crippen molar-refractivity contribution in [3.05, 3.63) is 71.8 Å². The van der Waals surface area contributed by atoms with Crippen LogP contribution >= 0.6 is 0 Å². The zero-order valence-corrected chi connectivity index (χ0v) is 20.4. The van der Waals surface area contributed by atoms with Crippen molar-refractivity contribution < 1.29 is 0 Å². The first-order chi connectivity index (χ1) is 15.9. The van der Waals surface area contributed by atoms with Crippen LogP contribution in [0.15, 0.2) is 60.7 Å². The Morgan fingerprint density at radius 2 is 0.750 bits per heavy atom. The Hall–Kier alpha value is -1.64. The fourth-order valence-electron chi connectivity index (χ4n) is 4.92. The monoisotopic (exact) mass is 434 g/mol. The van der Waals surface area contributed by atoms with Gasteiger partial charge in [0, 0.05) is 26.2 Å². The van der Waals surface area contributed by atoms with E-state index in [1.54, 1.807) is 0 Å². The Bertz CT molecular complexity index is 615. The minimum atomic E-state index is 1.25. The molecule has 0 bridgehead atoms. The Kier molecular flexibility index (Phi) is 12.5. The first kappa shape index (κ1) is 25.0. The molecule has 2 heteroatoms. The SMILES string of the molecule is c1ccc(CCCCCCCN2CCN(CCCCCCCc3ccccc3)CC2)cc1. The molecule has 0 saturated carbocycles. The van der Waals surface area contributed by atoms with Gasteiger partial charge in [0.15, 0.2) is 0 Å². The normalized spacial score (nSPS) is 15.2. The summed E-state index contributed by atoms with van der Waals surface area (Å²) in [4.78, 5) is 5.40. The molecule has 0 aliphatic carbocycles. The van der Waals surface area contributed by atoms with Crippen LogP contribution in [-0.4, -0.2) is 49.1 Å². The van der Waals surface area contributed by atoms with Crippen LogP contribution in [0.1, 0.15) is 75.3 Å². The van der Waals surface area contributed by atoms with E-state index in [-0.39, 0.29) is 0 Å². The van der Waals surface area contributed by atoms with Gasteiger partial charge in [0.2, 0.25) is 0 Å². The predicted molar refractivity (Wildman–Crippen MR) is 139 cm³/mol. The number of aryl methyl sites for hydroxylation is 2. The van der Waals surface area contributed by atoms with Gasteiger partial charge < -0.3 is 9.80 Å². The fraction of sp³-hybridized carbons (Fsp3) is 0.600. The topological polar surface area (TPSA) is 6.48 Å². The molecule has 1 aliphatic heterocycles. The second kappa shape index (κ2) is 16.0. The summed E-state index contributed by atoms with van der Waals surface area (Å²) < 4.78 is 0. The van der Waals surface area contributed by atoms with Gasteiger partial charge in [-0.1, -0.05) is 99.2 Å². The molecule has 0 spiro atoms. The van der Waals surface area contributed by atoms with Crippen LogP contribution in [0, 0.1) is 0 Å². The van der Waals surface area contributed by atoms with E-state index in [9.17, 15) is 0 Å². The lowest BCUT2D eigenvalue weighted by molar-refractivity contribution is 0.129. The van der Waals surface area contributed by atoms with Crippen molar-refractivity contribution >= 4 is 0 Å². The Morgan fingerprint density at radius 3 is 1.16 bits per heavy atom. The molecule has 0 atom stereocenters. The van der Waals surface area contributed by atoms with Gasteiger partial charge in [-0.05, 0) is 62.7 Å². The fourth-order valence-corrected chi connectivity index (χ4v) is 4.92. The minimum Gasteiger partial charge on any atom is -0.301 e. The van der Waals surface area contributed by atoms with Crippen molar-refractivity contribution in [3.8, 4) is 0 Å². The quantitative estimate of drug-likeness (QED) is 0.263. The third-order valence-corrected chi connectivity index (χ3v) is 7.03. The van der Waals surface area contributed by atoms with E-state index in [0.717, 1.165) is 0 Å². The van der Waals surface area contributed by atoms with Gasteiger partial charge in [-0.3, -0.25) is 0 Å². The van der Waals surface area contributed by atoms with Crippen LogP contribution in [0.4, 0.5) is 0 Å². The molecule has 2 aromatic carbocycles. The molecule has 2 aromatic rings. The molecule has 0 unspecified atom stereocenters. The maximum absolute atomic E-state index is 2.70. The largest absolute Gasteiger partial charge is 0.301 e. The highest BCUT2D eigenvalue weighted by molar-refractivity contribution is 5.15. The number of nitrogens with zero attached hydrogens (tertiary/aromatic N) is 2. The molecule has 0 N–H and O–H groups in total. The third-order valence-electron chi connectivity index (χ3n) is 7.03. The lowest BCUT2D eigenvalue weighted by Gasteiger charge is -2.34. The lowest BCUT2D eigenvalue weighted by atomic mass is 10.1. The maximum atomic E-state index is 2.70. The lowest BCUT2D eigenvalue weighted by Crippen LogP contribution is -2.46. The molecule has 3 rings (SSSR count). The molecule has 32 heavy (non-hydrogen) atoms. The van der Waals surface area contributed by atoms with Gasteiger partial charge >= 0.3 is 0 Å². The number of hydrogen-bond acceptors (Lipinski definition) is 2. The van der Waals surface area contributed by atoms with Crippen molar-refractivity contribution in [1.29, 1.82) is 0 Å². The number of piperazine rings is 1. The summed E-state index contributed by atoms with van der Waals surface area (Å²) in [6.45, 7) is 7.76. The zero-order chi connectivity index (χ0) is 22.1. The minimum absolute atomic E-state index is 1.25. The van der Waals surface area contributed by atoms with E-state index >= 15 is 0 Å². The maximum Gasteiger partial charge on any atom is 0.0110 e. The highest BCUT2D eigenvalue weighted by Crippen LogP contribution is 2.12. The molecule has 1 fully saturated rings. The van der Waals surface area contributed by atoms with Crippen LogP contribution < -0.4 is 0 Å². The van der Waals surface area contributed by atoms with Crippen LogP contribution in [-0.2, 0) is 12.8 Å². The van der Waals surface area contributed by atoms with Crippen molar-refractivity contribution in [2.45, 2.75) is 77.0 Å². The van der Waals surface area contributed by atoms with Gasteiger partial charge in [-0.25, -0.2) is 0 Å². The first-order valence-corrected chi connectivity index (χ1v) is 13.4. The van der Waals surface area contributed by atoms with E-state index < -0.39 is 0 Å². The van der Waals surface area contributed by atoms with Crippen molar-refractivity contribution in [3.63, 3.8) is 0 Å². The van der Waals surface area contributed by atoms with Crippen LogP contribution in [0.25, 0.3) is 0 Å². The molecule has 1 saturated heterocycles. The average molecular weight is 435 g/mol. The second-order valence-electron chi connectivity index (χ2n) is 9.69. The molecular weight excluding hydrogens is 388 g/mol. The molecule has 0 aromatic heterocycles. The average Bonchev–Trinajstić information content (AvgIpc) is 2.85. The van der Waals surface area contributed by atoms with Gasteiger partial charge in [-0.15, -0.1) is 0 Å². The summed E-state index contributed by atoms with van der Waals surface area (Å²) in [5.74, 6) is 0. The molecule has 1 heterocycles. The van der Waals surface area contributed by atoms with Gasteiger partial charge in [0.05, 0.1) is 0 Å². The van der Waals surface area contributed by atoms with Crippen molar-refractivity contribution in [2.24, 2.45) is 0 Å². The molecule has 0 amide bonds. The highest BCUT2D eigenvalue weighted by atomic mass is 15.3. The third kappa shape index (κ3) is 10.8. The van der Waals surface area contributed by atoms with E-state index in [1.807, 2.05) is 0 Å². The molecule has 176 valence electrons. The van der Waals surface area contributed by atoms with Crippen molar-refractivity contribution in [2.75, 3.05) is 39.3 Å². The summed E-state index contributed by atoms with van der Waals surface area (Å²) in [6.07, 6.45) is 16.3. The molecule has 0 radical (unpaired) electrons. The number of hydrogen-bond donors (Lipinski definition) is 0. The number of unbranched alkanes of at least 4 members (excludes halogenated alkanes) is 8. The Labute approximate surface area is 198 Å². The van der Waals surface area contributed by atoms with E-state index in [1.165, 1.54) is 127 Å². The second-order valence-corrected chi connectivity index (χ2v) is 9.69. The highest BCUT2D eigenvalue weighted by Gasteiger charge is 2.15. The van der Waals surface area contributed by atoms with Crippen molar-refractivity contribution in [1.82, 2.24) is 9.80 Å². The number of rotatable bonds is 16. The zero-order valence-electron chi connectivity index (χ0n) is 20.4. The Morgan fingerprint density at radius 1 is 0.406 bits per heavy atom. The molecule has 1 aliphatic rings. The summed E-state index contributed by atoms with van der Waals surface area (Å²) in [5, 5.41) is 0. The first-order valence-electron chi connectivity index (χ1n) is 13.4. The molecular formula is C30H46N2. The van der Waals surface area contributed by atoms with Crippen LogP contribution in [0.3, 0.4) is 0 Å². The Balaban J connectivity index is 1.08. The van der Waals surface area contributed by atoms with Crippen LogP contribution in [0.5, 0.6) is 0 Å². The number of benzene rings is 2. The standard InChI is InChI=1S/C30H46N2/c1(3-9-17-29-19-11-7-12-20-29)5-15-23-31-25-27-32(28-26-31)24-16-6-2-4-10-18-30-21-13-8-14-22-30/h7-8,11-14,19-22H,1-6,9-10,15-18,23-28H2. The van der Waals surface area contributed by atoms with Gasteiger partial charge in [0.25, 0.3) is 0 Å².